The Morgan fingerprint density at radius 2 is 1.53 bits per heavy atom. The maximum Gasteiger partial charge on any atom is 0.264 e. The van der Waals surface area contributed by atoms with Gasteiger partial charge in [0.2, 0.25) is 0 Å². The first-order valence-corrected chi connectivity index (χ1v) is 11.9. The molecule has 1 aliphatic rings. The molecule has 0 aliphatic carbocycles. The van der Waals surface area contributed by atoms with Gasteiger partial charge in [-0.15, -0.1) is 22.7 Å². The molecule has 164 valence electrons. The predicted octanol–water partition coefficient (Wildman–Crippen LogP) is 4.73. The van der Waals surface area contributed by atoms with Crippen LogP contribution in [-0.2, 0) is 0 Å². The van der Waals surface area contributed by atoms with Crippen LogP contribution in [-0.4, -0.2) is 62.0 Å². The van der Waals surface area contributed by atoms with Crippen molar-refractivity contribution in [3.05, 3.63) is 59.0 Å². The largest absolute Gasteiger partial charge is 0.497 e. The van der Waals surface area contributed by atoms with Gasteiger partial charge < -0.3 is 19.3 Å². The minimum Gasteiger partial charge on any atom is -0.497 e. The summed E-state index contributed by atoms with van der Waals surface area (Å²) in [6, 6.07) is 15.5. The van der Waals surface area contributed by atoms with Gasteiger partial charge in [0, 0.05) is 47.0 Å². The molecule has 6 nitrogen and oxygen atoms in total. The van der Waals surface area contributed by atoms with Crippen molar-refractivity contribution in [2.24, 2.45) is 0 Å². The number of ether oxygens (including phenoxy) is 2. The Bertz CT molecular complexity index is 1320. The van der Waals surface area contributed by atoms with E-state index in [1.165, 1.54) is 21.9 Å². The number of amides is 2. The summed E-state index contributed by atoms with van der Waals surface area (Å²) < 4.78 is 14.2. The maximum absolute atomic E-state index is 13.1. The van der Waals surface area contributed by atoms with Gasteiger partial charge in [0.25, 0.3) is 11.8 Å². The van der Waals surface area contributed by atoms with E-state index < -0.39 is 0 Å². The number of carbonyl (C=O) groups excluding carboxylic acids is 2. The predicted molar refractivity (Wildman–Crippen MR) is 129 cm³/mol. The Labute approximate surface area is 193 Å². The van der Waals surface area contributed by atoms with Crippen LogP contribution in [0.3, 0.4) is 0 Å². The van der Waals surface area contributed by atoms with Gasteiger partial charge in [-0.1, -0.05) is 18.2 Å². The number of methoxy groups -OCH3 is 2. The average Bonchev–Trinajstić information content (AvgIpc) is 3.41. The summed E-state index contributed by atoms with van der Waals surface area (Å²) in [5.41, 5.74) is 0.499. The fraction of sp³-hybridized carbons (Fsp3) is 0.250. The molecule has 0 N–H and O–H groups in total. The molecular weight excluding hydrogens is 444 g/mol. The van der Waals surface area contributed by atoms with Crippen LogP contribution in [0, 0.1) is 0 Å². The van der Waals surface area contributed by atoms with Crippen molar-refractivity contribution in [3.8, 4) is 11.5 Å². The van der Waals surface area contributed by atoms with Crippen LogP contribution in [0.5, 0.6) is 11.5 Å². The van der Waals surface area contributed by atoms with Gasteiger partial charge in [0.1, 0.15) is 11.5 Å². The molecule has 2 aromatic carbocycles. The Kier molecular flexibility index (Phi) is 5.48. The molecule has 0 bridgehead atoms. The highest BCUT2D eigenvalue weighted by Crippen LogP contribution is 2.39. The Hall–Kier alpha value is -3.10. The van der Waals surface area contributed by atoms with E-state index in [-0.39, 0.29) is 11.8 Å². The number of nitrogens with zero attached hydrogens (tertiary/aromatic N) is 2. The normalized spacial score (nSPS) is 14.2. The number of fused-ring (bicyclic) bond motifs is 3. The summed E-state index contributed by atoms with van der Waals surface area (Å²) >= 11 is 3.28. The van der Waals surface area contributed by atoms with E-state index in [2.05, 4.69) is 12.1 Å². The van der Waals surface area contributed by atoms with Crippen molar-refractivity contribution in [1.82, 2.24) is 9.80 Å². The molecule has 0 saturated carbocycles. The van der Waals surface area contributed by atoms with Crippen LogP contribution in [0.2, 0.25) is 0 Å². The van der Waals surface area contributed by atoms with E-state index >= 15 is 0 Å². The first-order valence-electron chi connectivity index (χ1n) is 10.3. The number of benzene rings is 2. The second kappa shape index (κ2) is 8.44. The first-order chi connectivity index (χ1) is 15.6. The van der Waals surface area contributed by atoms with Crippen LogP contribution < -0.4 is 9.47 Å². The smallest absolute Gasteiger partial charge is 0.264 e. The Morgan fingerprint density at radius 1 is 0.812 bits per heavy atom. The third kappa shape index (κ3) is 3.59. The van der Waals surface area contributed by atoms with Crippen molar-refractivity contribution in [3.63, 3.8) is 0 Å². The number of piperazine rings is 1. The third-order valence-corrected chi connectivity index (χ3v) is 8.16. The van der Waals surface area contributed by atoms with Crippen LogP contribution in [0.25, 0.3) is 19.5 Å². The van der Waals surface area contributed by atoms with Crippen molar-refractivity contribution < 1.29 is 19.1 Å². The Morgan fingerprint density at radius 3 is 2.25 bits per heavy atom. The minimum atomic E-state index is -0.0975. The fourth-order valence-corrected chi connectivity index (χ4v) is 6.51. The molecule has 4 aromatic rings. The van der Waals surface area contributed by atoms with Gasteiger partial charge in [0.15, 0.2) is 0 Å². The highest BCUT2D eigenvalue weighted by Gasteiger charge is 2.28. The summed E-state index contributed by atoms with van der Waals surface area (Å²) in [6.07, 6.45) is 0. The van der Waals surface area contributed by atoms with Crippen molar-refractivity contribution >= 4 is 54.0 Å². The topological polar surface area (TPSA) is 59.1 Å². The molecule has 32 heavy (non-hydrogen) atoms. The molecule has 8 heteroatoms. The molecule has 3 heterocycles. The molecule has 0 radical (unpaired) electrons. The van der Waals surface area contributed by atoms with Gasteiger partial charge in [-0.25, -0.2) is 0 Å². The number of thiophene rings is 2. The summed E-state index contributed by atoms with van der Waals surface area (Å²) in [6.45, 7) is 2.00. The molecular formula is C24H22N2O4S2. The number of hydrogen-bond acceptors (Lipinski definition) is 6. The van der Waals surface area contributed by atoms with Crippen LogP contribution in [0.1, 0.15) is 20.0 Å². The summed E-state index contributed by atoms with van der Waals surface area (Å²) in [5.74, 6) is 1.06. The summed E-state index contributed by atoms with van der Waals surface area (Å²) in [4.78, 5) is 30.5. The van der Waals surface area contributed by atoms with Crippen molar-refractivity contribution in [2.75, 3.05) is 40.4 Å². The monoisotopic (exact) mass is 466 g/mol. The summed E-state index contributed by atoms with van der Waals surface area (Å²) in [5, 5.41) is 1.21. The van der Waals surface area contributed by atoms with Crippen molar-refractivity contribution in [1.29, 1.82) is 0 Å². The number of carbonyl (C=O) groups is 2. The van der Waals surface area contributed by atoms with Crippen molar-refractivity contribution in [2.45, 2.75) is 0 Å². The zero-order valence-corrected chi connectivity index (χ0v) is 19.4. The van der Waals surface area contributed by atoms with Crippen LogP contribution >= 0.6 is 22.7 Å². The van der Waals surface area contributed by atoms with Gasteiger partial charge >= 0.3 is 0 Å². The second-order valence-corrected chi connectivity index (χ2v) is 9.69. The van der Waals surface area contributed by atoms with E-state index in [4.69, 9.17) is 9.47 Å². The molecule has 1 fully saturated rings. The van der Waals surface area contributed by atoms with E-state index in [1.807, 2.05) is 23.1 Å². The second-order valence-electron chi connectivity index (χ2n) is 7.55. The molecule has 0 unspecified atom stereocenters. The Balaban J connectivity index is 1.29. The fourth-order valence-electron chi connectivity index (χ4n) is 4.02. The average molecular weight is 467 g/mol. The van der Waals surface area contributed by atoms with E-state index in [0.29, 0.717) is 43.2 Å². The highest BCUT2D eigenvalue weighted by molar-refractivity contribution is 7.33. The van der Waals surface area contributed by atoms with Gasteiger partial charge in [-0.2, -0.15) is 0 Å². The lowest BCUT2D eigenvalue weighted by Crippen LogP contribution is -2.50. The van der Waals surface area contributed by atoms with Gasteiger partial charge in [0.05, 0.1) is 29.4 Å². The quantitative estimate of drug-likeness (QED) is 0.436. The number of rotatable bonds is 4. The molecule has 1 aliphatic heterocycles. The van der Waals surface area contributed by atoms with E-state index in [1.54, 1.807) is 52.9 Å². The zero-order chi connectivity index (χ0) is 22.2. The lowest BCUT2D eigenvalue weighted by molar-refractivity contribution is 0.0536. The standard InChI is InChI=1S/C24H22N2O4S2/c1-29-15-7-8-16(18(13-15)30-2)23(27)25-9-11-26(12-10-25)24(28)21-14-20-22(32-21)17-5-3-4-6-19(17)31-20/h3-8,13-14H,9-12H2,1-2H3. The van der Waals surface area contributed by atoms with E-state index in [9.17, 15) is 9.59 Å². The third-order valence-electron chi connectivity index (χ3n) is 5.75. The molecule has 0 spiro atoms. The van der Waals surface area contributed by atoms with Gasteiger partial charge in [-0.3, -0.25) is 9.59 Å². The summed E-state index contributed by atoms with van der Waals surface area (Å²) in [7, 11) is 3.11. The SMILES string of the molecule is COc1ccc(C(=O)N2CCN(C(=O)c3cc4sc5ccccc5c4s3)CC2)c(OC)c1. The van der Waals surface area contributed by atoms with Gasteiger partial charge in [-0.05, 0) is 24.3 Å². The lowest BCUT2D eigenvalue weighted by atomic mass is 10.1. The molecule has 5 rings (SSSR count). The van der Waals surface area contributed by atoms with Crippen LogP contribution in [0.4, 0.5) is 0 Å². The molecule has 2 amide bonds. The van der Waals surface area contributed by atoms with Crippen LogP contribution in [0.15, 0.2) is 48.5 Å². The first kappa shape index (κ1) is 20.8. The molecule has 1 saturated heterocycles. The minimum absolute atomic E-state index is 0.0385. The molecule has 2 aromatic heterocycles. The van der Waals surface area contributed by atoms with E-state index in [0.717, 1.165) is 9.58 Å². The maximum atomic E-state index is 13.1. The number of hydrogen-bond donors (Lipinski definition) is 0. The zero-order valence-electron chi connectivity index (χ0n) is 17.8. The lowest BCUT2D eigenvalue weighted by Gasteiger charge is -2.34. The highest BCUT2D eigenvalue weighted by atomic mass is 32.1. The molecule has 0 atom stereocenters.